The number of hydrogen-bond donors (Lipinski definition) is 1. The predicted molar refractivity (Wildman–Crippen MR) is 107 cm³/mol. The van der Waals surface area contributed by atoms with Gasteiger partial charge in [-0.25, -0.2) is 13.4 Å². The van der Waals surface area contributed by atoms with E-state index in [0.29, 0.717) is 28.4 Å². The normalized spacial score (nSPS) is 14.3. The molecule has 8 nitrogen and oxygen atoms in total. The molecule has 1 aromatic heterocycles. The molecule has 0 aliphatic carbocycles. The van der Waals surface area contributed by atoms with Gasteiger partial charge in [0.05, 0.1) is 20.0 Å². The second-order valence-corrected chi connectivity index (χ2v) is 8.48. The Morgan fingerprint density at radius 2 is 1.79 bits per heavy atom. The first kappa shape index (κ1) is 19.0. The number of amides is 1. The van der Waals surface area contributed by atoms with Crippen LogP contribution in [0, 0.1) is 0 Å². The Labute approximate surface area is 168 Å². The van der Waals surface area contributed by atoms with E-state index in [1.54, 1.807) is 55.6 Å². The van der Waals surface area contributed by atoms with Crippen molar-refractivity contribution in [1.82, 2.24) is 9.55 Å². The number of carbonyl (C=O) groups is 1. The van der Waals surface area contributed by atoms with Crippen LogP contribution in [0.25, 0.3) is 11.3 Å². The fraction of sp³-hybridized carbons (Fsp3) is 0.200. The Morgan fingerprint density at radius 1 is 1.07 bits per heavy atom. The number of nitrogens with zero attached hydrogens (tertiary/aromatic N) is 2. The second-order valence-electron chi connectivity index (χ2n) is 6.48. The van der Waals surface area contributed by atoms with Crippen LogP contribution in [0.15, 0.2) is 53.7 Å². The molecule has 1 N–H and O–H groups in total. The van der Waals surface area contributed by atoms with Crippen LogP contribution in [-0.2, 0) is 16.4 Å². The van der Waals surface area contributed by atoms with E-state index in [9.17, 15) is 13.2 Å². The SMILES string of the molecule is COc1ccc(NC(=O)c2c(-c3cccc(OC)c3)nc3n2CCS3(=O)=O)cc1. The zero-order valence-electron chi connectivity index (χ0n) is 15.9. The summed E-state index contributed by atoms with van der Waals surface area (Å²) in [4.78, 5) is 17.4. The van der Waals surface area contributed by atoms with E-state index in [-0.39, 0.29) is 23.1 Å². The van der Waals surface area contributed by atoms with E-state index < -0.39 is 15.7 Å². The molecule has 9 heteroatoms. The quantitative estimate of drug-likeness (QED) is 0.690. The number of nitrogens with one attached hydrogen (secondary N) is 1. The van der Waals surface area contributed by atoms with Crippen LogP contribution in [0.1, 0.15) is 10.5 Å². The Bertz CT molecular complexity index is 1180. The van der Waals surface area contributed by atoms with Crippen molar-refractivity contribution in [2.45, 2.75) is 11.7 Å². The van der Waals surface area contributed by atoms with Crippen molar-refractivity contribution in [3.63, 3.8) is 0 Å². The van der Waals surface area contributed by atoms with Gasteiger partial charge in [-0.1, -0.05) is 12.1 Å². The Hall–Kier alpha value is -3.33. The van der Waals surface area contributed by atoms with Crippen LogP contribution in [0.3, 0.4) is 0 Å². The van der Waals surface area contributed by atoms with Crippen molar-refractivity contribution >= 4 is 21.4 Å². The van der Waals surface area contributed by atoms with E-state index in [1.165, 1.54) is 11.7 Å². The first-order chi connectivity index (χ1) is 13.9. The second kappa shape index (κ2) is 7.25. The maximum absolute atomic E-state index is 13.1. The molecule has 29 heavy (non-hydrogen) atoms. The van der Waals surface area contributed by atoms with Gasteiger partial charge in [-0.2, -0.15) is 0 Å². The third-order valence-corrected chi connectivity index (χ3v) is 6.29. The third kappa shape index (κ3) is 3.44. The van der Waals surface area contributed by atoms with Gasteiger partial charge in [0.2, 0.25) is 15.0 Å². The zero-order valence-corrected chi connectivity index (χ0v) is 16.7. The molecule has 0 saturated carbocycles. The minimum atomic E-state index is -3.52. The molecule has 0 bridgehead atoms. The summed E-state index contributed by atoms with van der Waals surface area (Å²) < 4.78 is 36.6. The van der Waals surface area contributed by atoms with Crippen molar-refractivity contribution in [2.24, 2.45) is 0 Å². The fourth-order valence-electron chi connectivity index (χ4n) is 3.25. The lowest BCUT2D eigenvalue weighted by molar-refractivity contribution is 0.101. The molecule has 150 valence electrons. The molecule has 0 spiro atoms. The Balaban J connectivity index is 1.79. The zero-order chi connectivity index (χ0) is 20.6. The first-order valence-corrected chi connectivity index (χ1v) is 10.5. The number of rotatable bonds is 5. The topological polar surface area (TPSA) is 99.5 Å². The molecule has 1 aliphatic heterocycles. The molecule has 1 amide bonds. The molecule has 0 radical (unpaired) electrons. The van der Waals surface area contributed by atoms with E-state index in [4.69, 9.17) is 9.47 Å². The molecule has 2 heterocycles. The van der Waals surface area contributed by atoms with Crippen molar-refractivity contribution in [1.29, 1.82) is 0 Å². The lowest BCUT2D eigenvalue weighted by Gasteiger charge is -2.10. The summed E-state index contributed by atoms with van der Waals surface area (Å²) in [7, 11) is -0.427. The van der Waals surface area contributed by atoms with Gasteiger partial charge >= 0.3 is 0 Å². The van der Waals surface area contributed by atoms with E-state index >= 15 is 0 Å². The molecule has 0 fully saturated rings. The van der Waals surface area contributed by atoms with Gasteiger partial charge in [0, 0.05) is 17.8 Å². The molecule has 0 unspecified atom stereocenters. The highest BCUT2D eigenvalue weighted by molar-refractivity contribution is 7.91. The van der Waals surface area contributed by atoms with Gasteiger partial charge in [-0.15, -0.1) is 0 Å². The molecule has 4 rings (SSSR count). The fourth-order valence-corrected chi connectivity index (χ4v) is 4.60. The van der Waals surface area contributed by atoms with E-state index in [0.717, 1.165) is 0 Å². The molecule has 2 aromatic carbocycles. The highest BCUT2D eigenvalue weighted by Gasteiger charge is 2.35. The summed E-state index contributed by atoms with van der Waals surface area (Å²) in [5.41, 5.74) is 1.66. The van der Waals surface area contributed by atoms with Crippen LogP contribution < -0.4 is 14.8 Å². The number of methoxy groups -OCH3 is 2. The highest BCUT2D eigenvalue weighted by atomic mass is 32.2. The standard InChI is InChI=1S/C20H19N3O5S/c1-27-15-8-6-14(7-9-15)21-19(24)18-17(13-4-3-5-16(12-13)28-2)22-20-23(18)10-11-29(20,25)26/h3-9,12H,10-11H2,1-2H3,(H,21,24). The smallest absolute Gasteiger partial charge is 0.274 e. The molecular formula is C20H19N3O5S. The van der Waals surface area contributed by atoms with Crippen LogP contribution in [0.5, 0.6) is 11.5 Å². The van der Waals surface area contributed by atoms with Crippen LogP contribution in [0.4, 0.5) is 5.69 Å². The van der Waals surface area contributed by atoms with Crippen molar-refractivity contribution < 1.29 is 22.7 Å². The van der Waals surface area contributed by atoms with Gasteiger partial charge in [0.15, 0.2) is 0 Å². The maximum Gasteiger partial charge on any atom is 0.274 e. The van der Waals surface area contributed by atoms with Crippen molar-refractivity contribution in [2.75, 3.05) is 25.3 Å². The van der Waals surface area contributed by atoms with Gasteiger partial charge in [-0.3, -0.25) is 4.79 Å². The van der Waals surface area contributed by atoms with Crippen LogP contribution in [-0.4, -0.2) is 43.8 Å². The number of ether oxygens (including phenoxy) is 2. The minimum Gasteiger partial charge on any atom is -0.497 e. The summed E-state index contributed by atoms with van der Waals surface area (Å²) in [6, 6.07) is 13.9. The van der Waals surface area contributed by atoms with Gasteiger partial charge in [0.1, 0.15) is 22.9 Å². The van der Waals surface area contributed by atoms with Crippen LogP contribution in [0.2, 0.25) is 0 Å². The van der Waals surface area contributed by atoms with Gasteiger partial charge in [-0.05, 0) is 36.4 Å². The van der Waals surface area contributed by atoms with Gasteiger partial charge < -0.3 is 19.4 Å². The predicted octanol–water partition coefficient (Wildman–Crippen LogP) is 2.61. The minimum absolute atomic E-state index is 0.0729. The Morgan fingerprint density at radius 3 is 2.48 bits per heavy atom. The number of hydrogen-bond acceptors (Lipinski definition) is 6. The molecule has 0 atom stereocenters. The number of anilines is 1. The lowest BCUT2D eigenvalue weighted by atomic mass is 10.1. The maximum atomic E-state index is 13.1. The van der Waals surface area contributed by atoms with E-state index in [1.807, 2.05) is 0 Å². The number of imidazole rings is 1. The molecule has 0 saturated heterocycles. The third-order valence-electron chi connectivity index (χ3n) is 4.70. The Kier molecular flexibility index (Phi) is 4.75. The number of carbonyl (C=O) groups excluding carboxylic acids is 1. The van der Waals surface area contributed by atoms with Crippen LogP contribution >= 0.6 is 0 Å². The summed E-state index contributed by atoms with van der Waals surface area (Å²) >= 11 is 0. The molecular weight excluding hydrogens is 394 g/mol. The average molecular weight is 413 g/mol. The largest absolute Gasteiger partial charge is 0.497 e. The molecule has 3 aromatic rings. The number of benzene rings is 2. The first-order valence-electron chi connectivity index (χ1n) is 8.86. The summed E-state index contributed by atoms with van der Waals surface area (Å²) in [6.45, 7) is 0.181. The highest BCUT2D eigenvalue weighted by Crippen LogP contribution is 2.32. The number of aromatic nitrogens is 2. The summed E-state index contributed by atoms with van der Waals surface area (Å²) in [5, 5.41) is 2.72. The molecule has 1 aliphatic rings. The van der Waals surface area contributed by atoms with E-state index in [2.05, 4.69) is 10.3 Å². The number of sulfone groups is 1. The lowest BCUT2D eigenvalue weighted by Crippen LogP contribution is -2.17. The monoisotopic (exact) mass is 413 g/mol. The number of fused-ring (bicyclic) bond motifs is 1. The summed E-state index contributed by atoms with van der Waals surface area (Å²) in [5.74, 6) is 0.733. The van der Waals surface area contributed by atoms with Gasteiger partial charge in [0.25, 0.3) is 5.91 Å². The van der Waals surface area contributed by atoms with Crippen molar-refractivity contribution in [3.8, 4) is 22.8 Å². The average Bonchev–Trinajstić information content (AvgIpc) is 3.26. The van der Waals surface area contributed by atoms with Crippen molar-refractivity contribution in [3.05, 3.63) is 54.2 Å². The summed E-state index contributed by atoms with van der Waals surface area (Å²) in [6.07, 6.45) is 0.